The molecule has 0 spiro atoms. The number of hydrogen-bond acceptors (Lipinski definition) is 7. The van der Waals surface area contributed by atoms with Gasteiger partial charge in [0, 0.05) is 23.6 Å². The van der Waals surface area contributed by atoms with Gasteiger partial charge in [-0.1, -0.05) is 24.3 Å². The van der Waals surface area contributed by atoms with Gasteiger partial charge in [0.05, 0.1) is 29.8 Å². The maximum atomic E-state index is 13.0. The molecule has 0 radical (unpaired) electrons. The summed E-state index contributed by atoms with van der Waals surface area (Å²) in [6.07, 6.45) is 1.24. The number of methoxy groups -OCH3 is 1. The molecular weight excluding hydrogens is 523 g/mol. The number of halogens is 1. The van der Waals surface area contributed by atoms with Crippen LogP contribution in [0.4, 0.5) is 21.6 Å². The molecule has 4 aromatic rings. The van der Waals surface area contributed by atoms with Crippen molar-refractivity contribution in [2.45, 2.75) is 11.3 Å². The number of sulfone groups is 1. The summed E-state index contributed by atoms with van der Waals surface area (Å²) in [5, 5.41) is 13.9. The first kappa shape index (κ1) is 27.2. The highest BCUT2D eigenvalue weighted by molar-refractivity contribution is 7.90. The van der Waals surface area contributed by atoms with Gasteiger partial charge < -0.3 is 21.1 Å². The molecule has 39 heavy (non-hydrogen) atoms. The van der Waals surface area contributed by atoms with Crippen LogP contribution in [0.2, 0.25) is 0 Å². The van der Waals surface area contributed by atoms with Gasteiger partial charge in [0.2, 0.25) is 5.91 Å². The molecule has 200 valence electrons. The van der Waals surface area contributed by atoms with E-state index < -0.39 is 9.84 Å². The Morgan fingerprint density at radius 3 is 2.31 bits per heavy atom. The Hall–Kier alpha value is -4.84. The molecule has 1 amide bonds. The lowest BCUT2D eigenvalue weighted by Crippen LogP contribution is -2.22. The van der Waals surface area contributed by atoms with E-state index in [9.17, 15) is 17.6 Å². The van der Waals surface area contributed by atoms with Crippen molar-refractivity contribution in [1.29, 1.82) is 0 Å². The second kappa shape index (κ2) is 11.7. The number of carbonyl (C=O) groups is 1. The number of amides is 1. The number of anilines is 2. The second-order valence-corrected chi connectivity index (χ2v) is 10.5. The predicted molar refractivity (Wildman–Crippen MR) is 147 cm³/mol. The summed E-state index contributed by atoms with van der Waals surface area (Å²) in [7, 11) is -1.98. The van der Waals surface area contributed by atoms with E-state index in [0.717, 1.165) is 11.8 Å². The number of nitrogens with two attached hydrogens (primary N) is 1. The van der Waals surface area contributed by atoms with Crippen molar-refractivity contribution in [2.75, 3.05) is 24.0 Å². The van der Waals surface area contributed by atoms with Crippen LogP contribution in [0.3, 0.4) is 0 Å². The van der Waals surface area contributed by atoms with Crippen LogP contribution in [-0.4, -0.2) is 43.8 Å². The summed E-state index contributed by atoms with van der Waals surface area (Å²) < 4.78 is 41.8. The zero-order valence-corrected chi connectivity index (χ0v) is 21.9. The van der Waals surface area contributed by atoms with E-state index in [1.807, 2.05) is 0 Å². The molecule has 12 heteroatoms. The van der Waals surface area contributed by atoms with Crippen molar-refractivity contribution >= 4 is 38.9 Å². The lowest BCUT2D eigenvalue weighted by atomic mass is 10.1. The maximum absolute atomic E-state index is 13.0. The molecule has 0 saturated carbocycles. The average Bonchev–Trinajstić information content (AvgIpc) is 2.90. The summed E-state index contributed by atoms with van der Waals surface area (Å²) in [5.41, 5.74) is 9.10. The molecule has 3 aromatic carbocycles. The predicted octanol–water partition coefficient (Wildman–Crippen LogP) is 3.93. The lowest BCUT2D eigenvalue weighted by molar-refractivity contribution is -0.115. The Kier molecular flexibility index (Phi) is 8.15. The van der Waals surface area contributed by atoms with E-state index in [4.69, 9.17) is 10.5 Å². The number of nitrogens with one attached hydrogen (secondary N) is 2. The lowest BCUT2D eigenvalue weighted by Gasteiger charge is -2.11. The molecular formula is C27H25FN6O4S. The van der Waals surface area contributed by atoms with Gasteiger partial charge in [-0.15, -0.1) is 10.2 Å². The van der Waals surface area contributed by atoms with Crippen molar-refractivity contribution in [1.82, 2.24) is 10.2 Å². The zero-order chi connectivity index (χ0) is 28.0. The van der Waals surface area contributed by atoms with Crippen LogP contribution >= 0.6 is 0 Å². The van der Waals surface area contributed by atoms with Crippen LogP contribution in [0.1, 0.15) is 5.56 Å². The van der Waals surface area contributed by atoms with Gasteiger partial charge >= 0.3 is 0 Å². The van der Waals surface area contributed by atoms with E-state index in [2.05, 4.69) is 25.8 Å². The summed E-state index contributed by atoms with van der Waals surface area (Å²) in [6.45, 7) is 0. The first-order chi connectivity index (χ1) is 18.6. The number of nitrogens with zero attached hydrogens (tertiary/aromatic N) is 3. The highest BCUT2D eigenvalue weighted by atomic mass is 32.2. The topological polar surface area (TPSA) is 149 Å². The molecule has 0 saturated heterocycles. The molecule has 0 fully saturated rings. The number of guanidine groups is 1. The highest BCUT2D eigenvalue weighted by Gasteiger charge is 2.12. The highest BCUT2D eigenvalue weighted by Crippen LogP contribution is 2.28. The number of carbonyl (C=O) groups excluding carboxylic acids is 1. The molecule has 4 rings (SSSR count). The largest absolute Gasteiger partial charge is 0.495 e. The number of aromatic nitrogens is 2. The minimum atomic E-state index is -3.39. The Morgan fingerprint density at radius 2 is 1.69 bits per heavy atom. The molecule has 1 aromatic heterocycles. The van der Waals surface area contributed by atoms with Crippen molar-refractivity contribution in [3.63, 3.8) is 0 Å². The van der Waals surface area contributed by atoms with E-state index in [1.165, 1.54) is 37.4 Å². The third-order valence-corrected chi connectivity index (χ3v) is 6.60. The maximum Gasteiger partial charge on any atom is 0.228 e. The van der Waals surface area contributed by atoms with E-state index in [-0.39, 0.29) is 40.6 Å². The van der Waals surface area contributed by atoms with Gasteiger partial charge in [-0.3, -0.25) is 4.79 Å². The van der Waals surface area contributed by atoms with Gasteiger partial charge in [-0.25, -0.2) is 12.8 Å². The number of hydrogen-bond donors (Lipinski definition) is 3. The van der Waals surface area contributed by atoms with E-state index in [1.54, 1.807) is 48.5 Å². The summed E-state index contributed by atoms with van der Waals surface area (Å²) in [5.74, 6) is -0.0280. The first-order valence-corrected chi connectivity index (χ1v) is 13.5. The summed E-state index contributed by atoms with van der Waals surface area (Å²) in [4.78, 5) is 16.6. The summed E-state index contributed by atoms with van der Waals surface area (Å²) in [6, 6.07) is 20.6. The molecule has 1 heterocycles. The molecule has 0 aliphatic heterocycles. The van der Waals surface area contributed by atoms with Crippen LogP contribution in [0, 0.1) is 5.82 Å². The van der Waals surface area contributed by atoms with E-state index in [0.29, 0.717) is 22.6 Å². The fourth-order valence-corrected chi connectivity index (χ4v) is 4.19. The van der Waals surface area contributed by atoms with Crippen molar-refractivity contribution < 1.29 is 22.3 Å². The zero-order valence-electron chi connectivity index (χ0n) is 21.1. The minimum absolute atomic E-state index is 0.00295. The minimum Gasteiger partial charge on any atom is -0.495 e. The van der Waals surface area contributed by atoms with Crippen molar-refractivity contribution in [3.8, 4) is 17.0 Å². The Morgan fingerprint density at radius 1 is 0.974 bits per heavy atom. The average molecular weight is 549 g/mol. The normalized spacial score (nSPS) is 11.6. The van der Waals surface area contributed by atoms with Crippen LogP contribution in [0.15, 0.2) is 88.8 Å². The first-order valence-electron chi connectivity index (χ1n) is 11.6. The number of aliphatic imine (C=N–C) groups is 1. The van der Waals surface area contributed by atoms with Crippen LogP contribution in [0.25, 0.3) is 11.3 Å². The molecule has 0 aliphatic rings. The number of benzene rings is 3. The number of rotatable bonds is 8. The standard InChI is InChI=1S/C27H25FN6O4S/c1-38-24-16-21(39(2,36)37)11-12-23(24)31-27(29)32-25-14-13-22(33-34-25)18-5-9-20(10-6-18)30-26(35)15-17-3-7-19(28)8-4-17/h3-14,16H,15H2,1-2H3,(H,30,35)(H3,29,31,32,34). The Balaban J connectivity index is 1.38. The quantitative estimate of drug-likeness (QED) is 0.222. The van der Waals surface area contributed by atoms with Crippen LogP contribution < -0.4 is 21.1 Å². The van der Waals surface area contributed by atoms with Gasteiger partial charge in [-0.05, 0) is 54.1 Å². The van der Waals surface area contributed by atoms with Crippen LogP contribution in [0.5, 0.6) is 5.75 Å². The fourth-order valence-electron chi connectivity index (χ4n) is 3.55. The van der Waals surface area contributed by atoms with Gasteiger partial charge in [0.15, 0.2) is 21.6 Å². The third-order valence-electron chi connectivity index (χ3n) is 5.49. The molecule has 10 nitrogen and oxygen atoms in total. The Bertz CT molecular complexity index is 1610. The molecule has 0 unspecified atom stereocenters. The Labute approximate surface area is 224 Å². The van der Waals surface area contributed by atoms with Crippen molar-refractivity contribution in [2.24, 2.45) is 10.7 Å². The van der Waals surface area contributed by atoms with Gasteiger partial charge in [0.1, 0.15) is 11.6 Å². The molecule has 0 atom stereocenters. The SMILES string of the molecule is COc1cc(S(C)(=O)=O)ccc1NC(N)=Nc1ccc(-c2ccc(NC(=O)Cc3ccc(F)cc3)cc2)nn1. The molecule has 4 N–H and O–H groups in total. The smallest absolute Gasteiger partial charge is 0.228 e. The monoisotopic (exact) mass is 548 g/mol. The van der Waals surface area contributed by atoms with Gasteiger partial charge in [0.25, 0.3) is 0 Å². The van der Waals surface area contributed by atoms with Crippen LogP contribution in [-0.2, 0) is 21.1 Å². The van der Waals surface area contributed by atoms with Crippen molar-refractivity contribution in [3.05, 3.63) is 90.2 Å². The fraction of sp³-hybridized carbons (Fsp3) is 0.111. The summed E-state index contributed by atoms with van der Waals surface area (Å²) >= 11 is 0. The number of ether oxygens (including phenoxy) is 1. The molecule has 0 bridgehead atoms. The van der Waals surface area contributed by atoms with Gasteiger partial charge in [-0.2, -0.15) is 4.99 Å². The van der Waals surface area contributed by atoms with E-state index >= 15 is 0 Å². The third kappa shape index (κ3) is 7.36. The second-order valence-electron chi connectivity index (χ2n) is 8.46. The molecule has 0 aliphatic carbocycles.